The molecule has 1 saturated heterocycles. The predicted octanol–water partition coefficient (Wildman–Crippen LogP) is 3.44. The van der Waals surface area contributed by atoms with Crippen molar-refractivity contribution in [2.45, 2.75) is 6.42 Å². The molecule has 4 rings (SSSR count). The lowest BCUT2D eigenvalue weighted by Crippen LogP contribution is -2.28. The number of nitrogens with one attached hydrogen (secondary N) is 1. The summed E-state index contributed by atoms with van der Waals surface area (Å²) in [6.45, 7) is 0.290. The van der Waals surface area contributed by atoms with Gasteiger partial charge in [-0.05, 0) is 35.7 Å². The maximum absolute atomic E-state index is 12.5. The summed E-state index contributed by atoms with van der Waals surface area (Å²) < 4.78 is 5.45. The zero-order valence-corrected chi connectivity index (χ0v) is 15.0. The van der Waals surface area contributed by atoms with Crippen molar-refractivity contribution in [2.24, 2.45) is 5.92 Å². The summed E-state index contributed by atoms with van der Waals surface area (Å²) in [4.78, 5) is 26.3. The summed E-state index contributed by atoms with van der Waals surface area (Å²) >= 11 is 7.38. The van der Waals surface area contributed by atoms with Crippen LogP contribution in [-0.2, 0) is 9.59 Å². The summed E-state index contributed by atoms with van der Waals surface area (Å²) in [5.74, 6) is -0.589. The normalized spacial score (nSPS) is 16.9. The Bertz CT molecular complexity index is 939. The molecule has 0 radical (unpaired) electrons. The van der Waals surface area contributed by atoms with Crippen molar-refractivity contribution in [1.82, 2.24) is 10.2 Å². The third-order valence-electron chi connectivity index (χ3n) is 4.06. The number of rotatable bonds is 4. The smallest absolute Gasteiger partial charge is 0.322 e. The number of hydrogen-bond acceptors (Lipinski definition) is 6. The van der Waals surface area contributed by atoms with Crippen LogP contribution in [0.15, 0.2) is 45.5 Å². The van der Waals surface area contributed by atoms with Gasteiger partial charge in [-0.3, -0.25) is 14.9 Å². The summed E-state index contributed by atoms with van der Waals surface area (Å²) in [6, 6.07) is 8.80. The third-order valence-corrected chi connectivity index (χ3v) is 4.99. The first-order valence-corrected chi connectivity index (χ1v) is 9.15. The fourth-order valence-corrected chi connectivity index (χ4v) is 3.49. The van der Waals surface area contributed by atoms with Gasteiger partial charge in [0.2, 0.25) is 11.8 Å². The van der Waals surface area contributed by atoms with Crippen LogP contribution in [0.5, 0.6) is 0 Å². The van der Waals surface area contributed by atoms with E-state index in [1.54, 1.807) is 29.2 Å². The quantitative estimate of drug-likeness (QED) is 0.739. The fraction of sp³-hybridized carbons (Fsp3) is 0.176. The minimum atomic E-state index is -0.491. The van der Waals surface area contributed by atoms with Crippen LogP contribution in [0.25, 0.3) is 11.5 Å². The van der Waals surface area contributed by atoms with Gasteiger partial charge in [0.05, 0.1) is 5.92 Å². The van der Waals surface area contributed by atoms with Crippen molar-refractivity contribution in [1.29, 1.82) is 0 Å². The van der Waals surface area contributed by atoms with Crippen LogP contribution >= 0.6 is 22.9 Å². The summed E-state index contributed by atoms with van der Waals surface area (Å²) in [5, 5.41) is 14.7. The van der Waals surface area contributed by atoms with E-state index in [0.717, 1.165) is 5.56 Å². The third kappa shape index (κ3) is 3.33. The molecule has 3 heterocycles. The molecule has 0 bridgehead atoms. The molecule has 7 nitrogen and oxygen atoms in total. The molecule has 3 aromatic rings. The molecule has 1 N–H and O–H groups in total. The van der Waals surface area contributed by atoms with E-state index in [9.17, 15) is 9.59 Å². The highest BCUT2D eigenvalue weighted by atomic mass is 35.5. The maximum atomic E-state index is 12.5. The molecular formula is C17H13ClN4O3S. The van der Waals surface area contributed by atoms with Crippen LogP contribution < -0.4 is 10.2 Å². The highest BCUT2D eigenvalue weighted by Gasteiger charge is 2.35. The number of anilines is 2. The number of thiophene rings is 1. The number of hydrogen-bond donors (Lipinski definition) is 1. The van der Waals surface area contributed by atoms with Gasteiger partial charge >= 0.3 is 6.01 Å². The first-order valence-electron chi connectivity index (χ1n) is 7.83. The van der Waals surface area contributed by atoms with Crippen molar-refractivity contribution in [2.75, 3.05) is 16.8 Å². The van der Waals surface area contributed by atoms with Crippen molar-refractivity contribution < 1.29 is 14.0 Å². The van der Waals surface area contributed by atoms with Crippen LogP contribution in [0, 0.1) is 5.92 Å². The Balaban J connectivity index is 1.43. The number of nitrogens with zero attached hydrogens (tertiary/aromatic N) is 3. The van der Waals surface area contributed by atoms with Crippen LogP contribution in [0.1, 0.15) is 6.42 Å². The van der Waals surface area contributed by atoms with Gasteiger partial charge in [0.25, 0.3) is 5.89 Å². The lowest BCUT2D eigenvalue weighted by Gasteiger charge is -2.16. The first kappa shape index (κ1) is 16.7. The van der Waals surface area contributed by atoms with Crippen molar-refractivity contribution in [3.63, 3.8) is 0 Å². The van der Waals surface area contributed by atoms with E-state index < -0.39 is 5.92 Å². The molecule has 0 spiro atoms. The Morgan fingerprint density at radius 3 is 2.81 bits per heavy atom. The van der Waals surface area contributed by atoms with Crippen LogP contribution in [-0.4, -0.2) is 28.6 Å². The standard InChI is InChI=1S/C17H13ClN4O3S/c18-12-1-3-13(4-2-12)22-8-11(7-14(22)23)15(24)19-17-21-20-16(25-17)10-5-6-26-9-10/h1-6,9,11H,7-8H2,(H,19,21,24). The summed E-state index contributed by atoms with van der Waals surface area (Å²) in [5.41, 5.74) is 1.51. The van der Waals surface area contributed by atoms with E-state index in [1.165, 1.54) is 11.3 Å². The number of benzene rings is 1. The van der Waals surface area contributed by atoms with E-state index in [-0.39, 0.29) is 30.8 Å². The van der Waals surface area contributed by atoms with E-state index in [2.05, 4.69) is 15.5 Å². The highest BCUT2D eigenvalue weighted by molar-refractivity contribution is 7.08. The predicted molar refractivity (Wildman–Crippen MR) is 98.2 cm³/mol. The minimum absolute atomic E-state index is 0.0218. The number of carbonyl (C=O) groups excluding carboxylic acids is 2. The maximum Gasteiger partial charge on any atom is 0.322 e. The Morgan fingerprint density at radius 2 is 2.08 bits per heavy atom. The molecule has 26 heavy (non-hydrogen) atoms. The van der Waals surface area contributed by atoms with E-state index >= 15 is 0 Å². The van der Waals surface area contributed by atoms with Crippen LogP contribution in [0.2, 0.25) is 5.02 Å². The van der Waals surface area contributed by atoms with Gasteiger partial charge in [0.15, 0.2) is 0 Å². The average Bonchev–Trinajstić information content (AvgIpc) is 3.36. The van der Waals surface area contributed by atoms with Crippen molar-refractivity contribution >= 4 is 46.5 Å². The number of amides is 2. The van der Waals surface area contributed by atoms with Gasteiger partial charge in [-0.15, -0.1) is 5.10 Å². The van der Waals surface area contributed by atoms with Crippen molar-refractivity contribution in [3.05, 3.63) is 46.1 Å². The van der Waals surface area contributed by atoms with Gasteiger partial charge < -0.3 is 9.32 Å². The van der Waals surface area contributed by atoms with Gasteiger partial charge in [-0.1, -0.05) is 16.7 Å². The molecule has 2 aromatic heterocycles. The molecule has 132 valence electrons. The number of carbonyl (C=O) groups is 2. The molecule has 9 heteroatoms. The lowest BCUT2D eigenvalue weighted by molar-refractivity contribution is -0.122. The Morgan fingerprint density at radius 1 is 1.27 bits per heavy atom. The van der Waals surface area contributed by atoms with Gasteiger partial charge in [-0.25, -0.2) is 0 Å². The van der Waals surface area contributed by atoms with Gasteiger partial charge in [0, 0.05) is 34.6 Å². The average molecular weight is 389 g/mol. The topological polar surface area (TPSA) is 88.3 Å². The molecule has 1 aromatic carbocycles. The highest BCUT2D eigenvalue weighted by Crippen LogP contribution is 2.27. The Kier molecular flexibility index (Phi) is 4.44. The number of aromatic nitrogens is 2. The van der Waals surface area contributed by atoms with Crippen LogP contribution in [0.4, 0.5) is 11.7 Å². The van der Waals surface area contributed by atoms with Gasteiger partial charge in [0.1, 0.15) is 0 Å². The molecule has 1 fully saturated rings. The minimum Gasteiger partial charge on any atom is -0.403 e. The zero-order valence-electron chi connectivity index (χ0n) is 13.4. The summed E-state index contributed by atoms with van der Waals surface area (Å²) in [7, 11) is 0. The molecule has 0 saturated carbocycles. The van der Waals surface area contributed by atoms with E-state index in [0.29, 0.717) is 16.6 Å². The Labute approximate surface area is 157 Å². The Hall–Kier alpha value is -2.71. The molecule has 2 amide bonds. The van der Waals surface area contributed by atoms with E-state index in [1.807, 2.05) is 16.8 Å². The van der Waals surface area contributed by atoms with E-state index in [4.69, 9.17) is 16.0 Å². The second-order valence-corrected chi connectivity index (χ2v) is 7.01. The molecule has 1 aliphatic heterocycles. The SMILES string of the molecule is O=C(Nc1nnc(-c2ccsc2)o1)C1CC(=O)N(c2ccc(Cl)cc2)C1. The first-order chi connectivity index (χ1) is 12.6. The monoisotopic (exact) mass is 388 g/mol. The molecule has 1 aliphatic rings. The lowest BCUT2D eigenvalue weighted by atomic mass is 10.1. The molecule has 0 aliphatic carbocycles. The largest absolute Gasteiger partial charge is 0.403 e. The number of halogens is 1. The second-order valence-electron chi connectivity index (χ2n) is 5.80. The van der Waals surface area contributed by atoms with Crippen molar-refractivity contribution in [3.8, 4) is 11.5 Å². The molecule has 1 unspecified atom stereocenters. The molecular weight excluding hydrogens is 376 g/mol. The van der Waals surface area contributed by atoms with Gasteiger partial charge in [-0.2, -0.15) is 11.3 Å². The molecule has 1 atom stereocenters. The van der Waals surface area contributed by atoms with Crippen LogP contribution in [0.3, 0.4) is 0 Å². The second kappa shape index (κ2) is 6.89. The summed E-state index contributed by atoms with van der Waals surface area (Å²) in [6.07, 6.45) is 0.125. The zero-order chi connectivity index (χ0) is 18.1. The fourth-order valence-electron chi connectivity index (χ4n) is 2.74.